The van der Waals surface area contributed by atoms with Crippen LogP contribution < -0.4 is 15.0 Å². The molecule has 0 bridgehead atoms. The molecule has 2 aromatic heterocycles. The van der Waals surface area contributed by atoms with Crippen molar-refractivity contribution in [2.45, 2.75) is 36.2 Å². The van der Waals surface area contributed by atoms with Crippen LogP contribution in [0.5, 0.6) is 5.88 Å². The lowest BCUT2D eigenvalue weighted by atomic mass is 10.1. The largest absolute Gasteiger partial charge is 0.476 e. The van der Waals surface area contributed by atoms with Gasteiger partial charge in [0.25, 0.3) is 5.69 Å². The molecular formula is C33H35N7O10S. The first-order valence-electron chi connectivity index (χ1n) is 15.9. The Morgan fingerprint density at radius 3 is 2.55 bits per heavy atom. The summed E-state index contributed by atoms with van der Waals surface area (Å²) in [6.07, 6.45) is -1.65. The van der Waals surface area contributed by atoms with Crippen LogP contribution in [0.3, 0.4) is 0 Å². The van der Waals surface area contributed by atoms with E-state index in [1.165, 1.54) is 29.1 Å². The van der Waals surface area contributed by atoms with E-state index >= 15 is 0 Å². The normalized spacial score (nSPS) is 17.5. The summed E-state index contributed by atoms with van der Waals surface area (Å²) in [5.74, 6) is -0.739. The number of ether oxygens (including phenoxy) is 3. The molecule has 1 aliphatic heterocycles. The van der Waals surface area contributed by atoms with Gasteiger partial charge in [0.1, 0.15) is 18.9 Å². The molecule has 3 aromatic carbocycles. The van der Waals surface area contributed by atoms with Crippen LogP contribution in [0, 0.1) is 10.1 Å². The van der Waals surface area contributed by atoms with E-state index in [4.69, 9.17) is 14.2 Å². The zero-order valence-electron chi connectivity index (χ0n) is 27.6. The molecule has 3 N–H and O–H groups in total. The zero-order valence-corrected chi connectivity index (χ0v) is 28.4. The van der Waals surface area contributed by atoms with Gasteiger partial charge in [0.15, 0.2) is 21.0 Å². The summed E-state index contributed by atoms with van der Waals surface area (Å²) in [6, 6.07) is 16.4. The Bertz CT molecular complexity index is 2180. The van der Waals surface area contributed by atoms with E-state index in [0.29, 0.717) is 11.8 Å². The van der Waals surface area contributed by atoms with Gasteiger partial charge in [-0.25, -0.2) is 18.2 Å². The maximum atomic E-state index is 13.4. The molecule has 0 radical (unpaired) electrons. The summed E-state index contributed by atoms with van der Waals surface area (Å²) in [6.45, 7) is -0.788. The third-order valence-electron chi connectivity index (χ3n) is 8.34. The number of aliphatic hydroxyl groups excluding tert-OH is 2. The van der Waals surface area contributed by atoms with Crippen molar-refractivity contribution in [3.05, 3.63) is 82.7 Å². The molecule has 1 saturated heterocycles. The lowest BCUT2D eigenvalue weighted by Crippen LogP contribution is -2.24. The van der Waals surface area contributed by atoms with Gasteiger partial charge < -0.3 is 29.3 Å². The fourth-order valence-electron chi connectivity index (χ4n) is 5.77. The highest BCUT2D eigenvalue weighted by Gasteiger charge is 2.36. The molecule has 17 nitrogen and oxygen atoms in total. The SMILES string of the molecule is CN(C)c1cccc2c(S(=O)(=O)CCOC(=O)Nc3nc(OCCc4ccc([N+](=O)[O-])cc4)c4ncn([C@H]5C[C@H](O)[C@@H](CO)O5)c4n3)cccc12. The van der Waals surface area contributed by atoms with Crippen molar-refractivity contribution in [2.75, 3.05) is 49.9 Å². The van der Waals surface area contributed by atoms with E-state index < -0.39 is 58.3 Å². The van der Waals surface area contributed by atoms with Crippen molar-refractivity contribution >= 4 is 55.2 Å². The number of nitro benzene ring substituents is 1. The van der Waals surface area contributed by atoms with E-state index in [1.54, 1.807) is 30.3 Å². The number of nitro groups is 1. The van der Waals surface area contributed by atoms with E-state index in [-0.39, 0.29) is 46.6 Å². The van der Waals surface area contributed by atoms with Gasteiger partial charge in [-0.1, -0.05) is 36.4 Å². The van der Waals surface area contributed by atoms with Gasteiger partial charge in [-0.05, 0) is 17.7 Å². The predicted molar refractivity (Wildman–Crippen MR) is 185 cm³/mol. The van der Waals surface area contributed by atoms with Crippen LogP contribution in [-0.2, 0) is 25.7 Å². The van der Waals surface area contributed by atoms with Crippen molar-refractivity contribution in [3.8, 4) is 5.88 Å². The molecule has 3 heterocycles. The lowest BCUT2D eigenvalue weighted by molar-refractivity contribution is -0.384. The predicted octanol–water partition coefficient (Wildman–Crippen LogP) is 3.24. The van der Waals surface area contributed by atoms with Crippen LogP contribution in [-0.4, -0.2) is 101 Å². The topological polar surface area (TPSA) is 221 Å². The summed E-state index contributed by atoms with van der Waals surface area (Å²) in [5, 5.41) is 34.6. The molecular weight excluding hydrogens is 686 g/mol. The van der Waals surface area contributed by atoms with Gasteiger partial charge >= 0.3 is 6.09 Å². The number of aromatic nitrogens is 4. The summed E-state index contributed by atoms with van der Waals surface area (Å²) >= 11 is 0. The van der Waals surface area contributed by atoms with Crippen LogP contribution in [0.15, 0.2) is 71.9 Å². The Balaban J connectivity index is 1.18. The van der Waals surface area contributed by atoms with Crippen LogP contribution in [0.4, 0.5) is 22.1 Å². The zero-order chi connectivity index (χ0) is 36.3. The van der Waals surface area contributed by atoms with Gasteiger partial charge in [-0.3, -0.25) is 20.0 Å². The number of aliphatic hydroxyl groups is 2. The molecule has 51 heavy (non-hydrogen) atoms. The highest BCUT2D eigenvalue weighted by atomic mass is 32.2. The number of carbonyl (C=O) groups excluding carboxylic acids is 1. The molecule has 1 aliphatic rings. The number of amides is 1. The number of non-ortho nitro benzene ring substituents is 1. The number of anilines is 2. The van der Waals surface area contributed by atoms with Crippen molar-refractivity contribution in [2.24, 2.45) is 0 Å². The van der Waals surface area contributed by atoms with E-state index in [0.717, 1.165) is 16.6 Å². The second kappa shape index (κ2) is 14.8. The number of carbonyl (C=O) groups is 1. The fraction of sp³-hybridized carbons (Fsp3) is 0.333. The number of sulfone groups is 1. The monoisotopic (exact) mass is 721 g/mol. The third kappa shape index (κ3) is 7.68. The first-order valence-corrected chi connectivity index (χ1v) is 17.5. The van der Waals surface area contributed by atoms with E-state index in [1.807, 2.05) is 31.1 Å². The average molecular weight is 722 g/mol. The van der Waals surface area contributed by atoms with Gasteiger partial charge in [0.2, 0.25) is 11.8 Å². The van der Waals surface area contributed by atoms with Gasteiger partial charge in [0, 0.05) is 55.5 Å². The molecule has 5 aromatic rings. The van der Waals surface area contributed by atoms with Gasteiger partial charge in [-0.2, -0.15) is 9.97 Å². The van der Waals surface area contributed by atoms with Crippen LogP contribution in [0.2, 0.25) is 0 Å². The molecule has 268 valence electrons. The second-order valence-electron chi connectivity index (χ2n) is 11.9. The average Bonchev–Trinajstić information content (AvgIpc) is 3.70. The smallest absolute Gasteiger partial charge is 0.414 e. The molecule has 1 amide bonds. The minimum absolute atomic E-state index is 0.0103. The quantitative estimate of drug-likeness (QED) is 0.117. The number of fused-ring (bicyclic) bond motifs is 2. The van der Waals surface area contributed by atoms with E-state index in [2.05, 4.69) is 20.3 Å². The third-order valence-corrected chi connectivity index (χ3v) is 10.1. The number of benzene rings is 3. The number of hydrogen-bond donors (Lipinski definition) is 3. The molecule has 6 rings (SSSR count). The van der Waals surface area contributed by atoms with Gasteiger partial charge in [0.05, 0.1) is 41.2 Å². The second-order valence-corrected chi connectivity index (χ2v) is 14.0. The maximum absolute atomic E-state index is 13.4. The summed E-state index contributed by atoms with van der Waals surface area (Å²) < 4.78 is 45.2. The Kier molecular flexibility index (Phi) is 10.3. The lowest BCUT2D eigenvalue weighted by Gasteiger charge is -2.17. The number of nitrogens with one attached hydrogen (secondary N) is 1. The van der Waals surface area contributed by atoms with Crippen LogP contribution in [0.25, 0.3) is 21.9 Å². The van der Waals surface area contributed by atoms with Crippen molar-refractivity contribution in [1.29, 1.82) is 0 Å². The van der Waals surface area contributed by atoms with Crippen LogP contribution in [0.1, 0.15) is 18.2 Å². The Labute approximate surface area is 291 Å². The Hall–Kier alpha value is -5.43. The Morgan fingerprint density at radius 1 is 1.10 bits per heavy atom. The summed E-state index contributed by atoms with van der Waals surface area (Å²) in [5.41, 5.74) is 1.96. The minimum Gasteiger partial charge on any atom is -0.476 e. The Morgan fingerprint density at radius 2 is 1.84 bits per heavy atom. The van der Waals surface area contributed by atoms with Crippen LogP contribution >= 0.6 is 0 Å². The first-order chi connectivity index (χ1) is 24.4. The van der Waals surface area contributed by atoms with Gasteiger partial charge in [-0.15, -0.1) is 0 Å². The molecule has 0 unspecified atom stereocenters. The molecule has 3 atom stereocenters. The molecule has 0 aliphatic carbocycles. The molecule has 0 saturated carbocycles. The maximum Gasteiger partial charge on any atom is 0.414 e. The summed E-state index contributed by atoms with van der Waals surface area (Å²) in [7, 11) is -0.126. The number of hydrogen-bond acceptors (Lipinski definition) is 14. The van der Waals surface area contributed by atoms with E-state index in [9.17, 15) is 33.5 Å². The van der Waals surface area contributed by atoms with Crippen molar-refractivity contribution in [3.63, 3.8) is 0 Å². The summed E-state index contributed by atoms with van der Waals surface area (Å²) in [4.78, 5) is 38.4. The number of rotatable bonds is 13. The first kappa shape index (κ1) is 35.4. The van der Waals surface area contributed by atoms with Crippen molar-refractivity contribution < 1.29 is 42.6 Å². The fourth-order valence-corrected chi connectivity index (χ4v) is 7.09. The highest BCUT2D eigenvalue weighted by Crippen LogP contribution is 2.33. The minimum atomic E-state index is -3.86. The highest BCUT2D eigenvalue weighted by molar-refractivity contribution is 7.91. The number of imidazole rings is 1. The number of nitrogens with zero attached hydrogens (tertiary/aromatic N) is 6. The molecule has 1 fully saturated rings. The van der Waals surface area contributed by atoms with Crippen molar-refractivity contribution in [1.82, 2.24) is 19.5 Å². The standard InChI is InChI=1S/C33H35N7O10S/c1-38(2)24-7-3-6-23-22(24)5-4-8-27(23)51(46,47)16-15-49-33(43)37-32-35-30-29(34-19-39(30)28-17-25(42)26(18-41)50-28)31(36-32)48-14-13-20-9-11-21(12-10-20)40(44)45/h3-12,19,25-26,28,41-42H,13-18H2,1-2H3,(H,35,36,37,43)/t25-,26+,28+/m0/s1. The molecule has 18 heteroatoms. The molecule has 0 spiro atoms.